The molecule has 1 heterocycles. The van der Waals surface area contributed by atoms with E-state index in [0.29, 0.717) is 25.3 Å². The second-order valence-electron chi connectivity index (χ2n) is 10.6. The third-order valence-corrected chi connectivity index (χ3v) is 7.68. The summed E-state index contributed by atoms with van der Waals surface area (Å²) in [4.78, 5) is 13.4. The number of rotatable bonds is 4. The van der Waals surface area contributed by atoms with Crippen molar-refractivity contribution < 1.29 is 13.6 Å². The summed E-state index contributed by atoms with van der Waals surface area (Å²) in [6.07, 6.45) is 3.62. The van der Waals surface area contributed by atoms with Crippen molar-refractivity contribution in [3.63, 3.8) is 0 Å². The van der Waals surface area contributed by atoms with Gasteiger partial charge in [-0.1, -0.05) is 44.2 Å². The monoisotopic (exact) mass is 404 g/mol. The quantitative estimate of drug-likeness (QED) is 0.785. The SMILES string of the molecule is CC1(C(=O)NC2CCNCC2F)CC2CC(c3ccccc3)(C1)C[C@@](C)(CF)C2. The maximum atomic E-state index is 14.3. The largest absolute Gasteiger partial charge is 0.350 e. The van der Waals surface area contributed by atoms with E-state index >= 15 is 0 Å². The Hall–Kier alpha value is -1.49. The van der Waals surface area contributed by atoms with E-state index < -0.39 is 17.6 Å². The summed E-state index contributed by atoms with van der Waals surface area (Å²) in [7, 11) is 0. The van der Waals surface area contributed by atoms with Gasteiger partial charge in [0.25, 0.3) is 0 Å². The number of hydrogen-bond donors (Lipinski definition) is 2. The van der Waals surface area contributed by atoms with Gasteiger partial charge in [-0.2, -0.15) is 0 Å². The van der Waals surface area contributed by atoms with Crippen LogP contribution in [0.1, 0.15) is 57.9 Å². The van der Waals surface area contributed by atoms with Gasteiger partial charge >= 0.3 is 0 Å². The lowest BCUT2D eigenvalue weighted by atomic mass is 9.47. The maximum absolute atomic E-state index is 14.3. The van der Waals surface area contributed by atoms with Crippen LogP contribution < -0.4 is 10.6 Å². The highest BCUT2D eigenvalue weighted by atomic mass is 19.1. The predicted octanol–water partition coefficient (Wildman–Crippen LogP) is 4.32. The van der Waals surface area contributed by atoms with E-state index in [1.807, 2.05) is 25.1 Å². The second-order valence-corrected chi connectivity index (χ2v) is 10.6. The topological polar surface area (TPSA) is 41.1 Å². The molecule has 0 radical (unpaired) electrons. The molecule has 3 nitrogen and oxygen atoms in total. The highest BCUT2D eigenvalue weighted by Crippen LogP contribution is 2.61. The molecule has 1 saturated heterocycles. The van der Waals surface area contributed by atoms with Crippen LogP contribution in [0.25, 0.3) is 0 Å². The average Bonchev–Trinajstić information content (AvgIpc) is 2.69. The molecule has 5 heteroatoms. The first-order valence-corrected chi connectivity index (χ1v) is 11.0. The molecule has 2 bridgehead atoms. The first kappa shape index (κ1) is 20.8. The Labute approximate surface area is 173 Å². The number of halogens is 2. The Bertz CT molecular complexity index is 744. The van der Waals surface area contributed by atoms with Gasteiger partial charge in [0.1, 0.15) is 6.17 Å². The van der Waals surface area contributed by atoms with Crippen LogP contribution in [0.15, 0.2) is 30.3 Å². The number of fused-ring (bicyclic) bond motifs is 2. The average molecular weight is 405 g/mol. The number of piperidine rings is 1. The van der Waals surface area contributed by atoms with Gasteiger partial charge in [-0.25, -0.2) is 4.39 Å². The number of hydrogen-bond acceptors (Lipinski definition) is 2. The second kappa shape index (κ2) is 7.64. The minimum atomic E-state index is -1.04. The van der Waals surface area contributed by atoms with E-state index in [1.54, 1.807) is 0 Å². The zero-order valence-corrected chi connectivity index (χ0v) is 17.6. The molecule has 0 aromatic heterocycles. The minimum Gasteiger partial charge on any atom is -0.350 e. The van der Waals surface area contributed by atoms with Crippen LogP contribution in [-0.2, 0) is 10.2 Å². The van der Waals surface area contributed by atoms with Crippen molar-refractivity contribution in [1.29, 1.82) is 0 Å². The Kier molecular flexibility index (Phi) is 5.47. The van der Waals surface area contributed by atoms with Crippen LogP contribution in [0.3, 0.4) is 0 Å². The highest BCUT2D eigenvalue weighted by Gasteiger charge is 2.56. The summed E-state index contributed by atoms with van der Waals surface area (Å²) in [5, 5.41) is 6.08. The minimum absolute atomic E-state index is 0.0269. The van der Waals surface area contributed by atoms with Crippen molar-refractivity contribution in [3.8, 4) is 0 Å². The molecule has 2 aliphatic carbocycles. The Morgan fingerprint density at radius 2 is 1.93 bits per heavy atom. The zero-order chi connectivity index (χ0) is 20.7. The van der Waals surface area contributed by atoms with Crippen molar-refractivity contribution in [3.05, 3.63) is 35.9 Å². The van der Waals surface area contributed by atoms with Gasteiger partial charge in [-0.3, -0.25) is 9.18 Å². The van der Waals surface area contributed by atoms with Gasteiger partial charge < -0.3 is 10.6 Å². The molecule has 5 unspecified atom stereocenters. The van der Waals surface area contributed by atoms with E-state index in [1.165, 1.54) is 5.56 Å². The summed E-state index contributed by atoms with van der Waals surface area (Å²) in [6, 6.07) is 9.93. The number of carbonyl (C=O) groups is 1. The Balaban J connectivity index is 1.62. The molecular weight excluding hydrogens is 370 g/mol. The van der Waals surface area contributed by atoms with Crippen LogP contribution in [0.5, 0.6) is 0 Å². The smallest absolute Gasteiger partial charge is 0.226 e. The van der Waals surface area contributed by atoms with Crippen molar-refractivity contribution in [2.75, 3.05) is 19.8 Å². The van der Waals surface area contributed by atoms with Crippen LogP contribution in [0, 0.1) is 16.7 Å². The van der Waals surface area contributed by atoms with Gasteiger partial charge in [-0.05, 0) is 67.4 Å². The maximum Gasteiger partial charge on any atom is 0.226 e. The van der Waals surface area contributed by atoms with Crippen LogP contribution >= 0.6 is 0 Å². The molecule has 160 valence electrons. The molecule has 1 amide bonds. The number of alkyl halides is 2. The first-order chi connectivity index (χ1) is 13.8. The molecule has 3 aliphatic rings. The molecule has 1 aromatic rings. The molecular formula is C24H34F2N2O. The molecule has 3 fully saturated rings. The van der Waals surface area contributed by atoms with E-state index in [0.717, 1.165) is 32.2 Å². The normalized spacial score (nSPS) is 42.3. The standard InChI is InChI=1S/C24H34F2N2O/c1-22(16-25)10-17-11-23(2,21(29)28-20-8-9-27-13-19(20)26)15-24(12-17,14-22)18-6-4-3-5-7-18/h3-7,17,19-20,27H,8-16H2,1-2H3,(H,28,29)/t17?,19?,20?,22-,23?,24?/m0/s1. The van der Waals surface area contributed by atoms with E-state index in [9.17, 15) is 13.6 Å². The number of benzene rings is 1. The molecule has 1 aromatic carbocycles. The van der Waals surface area contributed by atoms with Gasteiger partial charge in [0, 0.05) is 12.0 Å². The summed E-state index contributed by atoms with van der Waals surface area (Å²) >= 11 is 0. The molecule has 29 heavy (non-hydrogen) atoms. The van der Waals surface area contributed by atoms with Crippen LogP contribution in [0.4, 0.5) is 8.78 Å². The fraction of sp³-hybridized carbons (Fsp3) is 0.708. The van der Waals surface area contributed by atoms with E-state index in [-0.39, 0.29) is 23.4 Å². The lowest BCUT2D eigenvalue weighted by Crippen LogP contribution is -2.58. The van der Waals surface area contributed by atoms with Crippen molar-refractivity contribution in [2.24, 2.45) is 16.7 Å². The Morgan fingerprint density at radius 3 is 2.62 bits per heavy atom. The third kappa shape index (κ3) is 3.95. The zero-order valence-electron chi connectivity index (χ0n) is 17.6. The molecule has 0 spiro atoms. The van der Waals surface area contributed by atoms with Crippen molar-refractivity contribution in [2.45, 2.75) is 70.0 Å². The van der Waals surface area contributed by atoms with Gasteiger partial charge in [0.05, 0.1) is 12.7 Å². The predicted molar refractivity (Wildman–Crippen MR) is 111 cm³/mol. The fourth-order valence-corrected chi connectivity index (χ4v) is 6.73. The van der Waals surface area contributed by atoms with Crippen LogP contribution in [0.2, 0.25) is 0 Å². The molecule has 6 atom stereocenters. The summed E-state index contributed by atoms with van der Waals surface area (Å²) in [6.45, 7) is 4.81. The molecule has 2 saturated carbocycles. The third-order valence-electron chi connectivity index (χ3n) is 7.68. The van der Waals surface area contributed by atoms with Crippen LogP contribution in [-0.4, -0.2) is 37.9 Å². The molecule has 2 N–H and O–H groups in total. The lowest BCUT2D eigenvalue weighted by molar-refractivity contribution is -0.139. The van der Waals surface area contributed by atoms with Gasteiger partial charge in [-0.15, -0.1) is 0 Å². The summed E-state index contributed by atoms with van der Waals surface area (Å²) in [5.41, 5.74) is 0.128. The van der Waals surface area contributed by atoms with Crippen molar-refractivity contribution in [1.82, 2.24) is 10.6 Å². The molecule has 4 rings (SSSR count). The van der Waals surface area contributed by atoms with Gasteiger partial charge in [0.2, 0.25) is 5.91 Å². The van der Waals surface area contributed by atoms with Crippen molar-refractivity contribution >= 4 is 5.91 Å². The first-order valence-electron chi connectivity index (χ1n) is 11.0. The van der Waals surface area contributed by atoms with E-state index in [2.05, 4.69) is 29.7 Å². The molecule has 1 aliphatic heterocycles. The number of carbonyl (C=O) groups excluding carboxylic acids is 1. The Morgan fingerprint density at radius 1 is 1.17 bits per heavy atom. The fourth-order valence-electron chi connectivity index (χ4n) is 6.73. The van der Waals surface area contributed by atoms with E-state index in [4.69, 9.17) is 0 Å². The summed E-state index contributed by atoms with van der Waals surface area (Å²) < 4.78 is 28.3. The highest BCUT2D eigenvalue weighted by molar-refractivity contribution is 5.83. The summed E-state index contributed by atoms with van der Waals surface area (Å²) in [5.74, 6) is 0.282. The number of amides is 1. The number of nitrogens with one attached hydrogen (secondary N) is 2. The van der Waals surface area contributed by atoms with Gasteiger partial charge in [0.15, 0.2) is 0 Å². The lowest BCUT2D eigenvalue weighted by Gasteiger charge is -2.57.